The molecule has 1 atom stereocenters. The Balaban J connectivity index is 2.16. The van der Waals surface area contributed by atoms with Gasteiger partial charge in [0.25, 0.3) is 0 Å². The minimum Gasteiger partial charge on any atom is -0.368 e. The van der Waals surface area contributed by atoms with Gasteiger partial charge in [-0.15, -0.1) is 0 Å². The van der Waals surface area contributed by atoms with Crippen LogP contribution in [0.1, 0.15) is 24.8 Å². The molecule has 2 N–H and O–H groups in total. The first-order chi connectivity index (χ1) is 10.2. The van der Waals surface area contributed by atoms with Crippen LogP contribution in [-0.2, 0) is 4.79 Å². The number of amides is 1. The molecule has 2 aromatic rings. The Bertz CT molecular complexity index is 732. The first kappa shape index (κ1) is 13.4. The van der Waals surface area contributed by atoms with E-state index in [0.717, 1.165) is 42.3 Å². The van der Waals surface area contributed by atoms with Crippen LogP contribution in [0.15, 0.2) is 36.4 Å². The van der Waals surface area contributed by atoms with Crippen LogP contribution in [0.3, 0.4) is 0 Å². The minimum atomic E-state index is -0.275. The average Bonchev–Trinajstić information content (AvgIpc) is 2.53. The summed E-state index contributed by atoms with van der Waals surface area (Å²) in [5, 5.41) is 11.2. The van der Waals surface area contributed by atoms with Gasteiger partial charge in [-0.25, -0.2) is 0 Å². The molecule has 1 fully saturated rings. The first-order valence-corrected chi connectivity index (χ1v) is 7.20. The van der Waals surface area contributed by atoms with Crippen molar-refractivity contribution in [1.82, 2.24) is 0 Å². The van der Waals surface area contributed by atoms with Gasteiger partial charge in [-0.1, -0.05) is 24.3 Å². The maximum Gasteiger partial charge on any atom is 0.240 e. The summed E-state index contributed by atoms with van der Waals surface area (Å²) in [6, 6.07) is 13.5. The molecule has 2 aromatic carbocycles. The standard InChI is InChI=1S/C17H17N3O/c18-11-12-8-9-15(14-6-2-1-5-13(12)14)20-10-4-3-7-16(20)17(19)21/h1-2,5-6,8-9,16H,3-4,7,10H2,(H2,19,21). The third-order valence-corrected chi connectivity index (χ3v) is 4.16. The molecule has 0 aliphatic carbocycles. The van der Waals surface area contributed by atoms with E-state index in [9.17, 15) is 10.1 Å². The lowest BCUT2D eigenvalue weighted by Crippen LogP contribution is -2.47. The Morgan fingerprint density at radius 3 is 2.67 bits per heavy atom. The van der Waals surface area contributed by atoms with Crippen molar-refractivity contribution in [3.63, 3.8) is 0 Å². The van der Waals surface area contributed by atoms with Gasteiger partial charge in [0, 0.05) is 23.0 Å². The molecule has 0 bridgehead atoms. The number of nitriles is 1. The maximum atomic E-state index is 11.7. The highest BCUT2D eigenvalue weighted by Gasteiger charge is 2.28. The van der Waals surface area contributed by atoms with Gasteiger partial charge >= 0.3 is 0 Å². The molecular formula is C17H17N3O. The lowest BCUT2D eigenvalue weighted by molar-refractivity contribution is -0.119. The molecule has 3 rings (SSSR count). The Morgan fingerprint density at radius 1 is 1.19 bits per heavy atom. The highest BCUT2D eigenvalue weighted by Crippen LogP contribution is 2.33. The number of piperidine rings is 1. The molecule has 1 saturated heterocycles. The van der Waals surface area contributed by atoms with Crippen LogP contribution in [0.4, 0.5) is 5.69 Å². The number of fused-ring (bicyclic) bond motifs is 1. The molecule has 1 amide bonds. The summed E-state index contributed by atoms with van der Waals surface area (Å²) in [5.41, 5.74) is 7.21. The monoisotopic (exact) mass is 279 g/mol. The lowest BCUT2D eigenvalue weighted by atomic mass is 9.97. The molecule has 106 valence electrons. The fraction of sp³-hybridized carbons (Fsp3) is 0.294. The molecule has 4 heteroatoms. The van der Waals surface area contributed by atoms with Crippen LogP contribution in [-0.4, -0.2) is 18.5 Å². The fourth-order valence-electron chi connectivity index (χ4n) is 3.15. The van der Waals surface area contributed by atoms with E-state index < -0.39 is 0 Å². The fourth-order valence-corrected chi connectivity index (χ4v) is 3.15. The Kier molecular flexibility index (Phi) is 3.49. The largest absolute Gasteiger partial charge is 0.368 e. The van der Waals surface area contributed by atoms with E-state index in [1.807, 2.05) is 36.4 Å². The first-order valence-electron chi connectivity index (χ1n) is 7.20. The van der Waals surface area contributed by atoms with E-state index in [1.165, 1.54) is 0 Å². The van der Waals surface area contributed by atoms with E-state index in [-0.39, 0.29) is 11.9 Å². The maximum absolute atomic E-state index is 11.7. The van der Waals surface area contributed by atoms with Crippen molar-refractivity contribution in [2.24, 2.45) is 5.73 Å². The number of nitrogens with two attached hydrogens (primary N) is 1. The molecule has 1 heterocycles. The summed E-state index contributed by atoms with van der Waals surface area (Å²) >= 11 is 0. The summed E-state index contributed by atoms with van der Waals surface area (Å²) in [7, 11) is 0. The molecule has 0 radical (unpaired) electrons. The van der Waals surface area contributed by atoms with Crippen LogP contribution in [0.5, 0.6) is 0 Å². The van der Waals surface area contributed by atoms with Crippen molar-refractivity contribution in [1.29, 1.82) is 5.26 Å². The second kappa shape index (κ2) is 5.45. The van der Waals surface area contributed by atoms with Gasteiger partial charge in [-0.3, -0.25) is 4.79 Å². The van der Waals surface area contributed by atoms with Crippen LogP contribution in [0.2, 0.25) is 0 Å². The van der Waals surface area contributed by atoms with Gasteiger partial charge in [0.05, 0.1) is 11.6 Å². The van der Waals surface area contributed by atoms with Crippen LogP contribution in [0, 0.1) is 11.3 Å². The number of benzene rings is 2. The molecule has 1 unspecified atom stereocenters. The van der Waals surface area contributed by atoms with E-state index in [4.69, 9.17) is 5.73 Å². The predicted octanol–water partition coefficient (Wildman–Crippen LogP) is 2.56. The zero-order valence-electron chi connectivity index (χ0n) is 11.7. The van der Waals surface area contributed by atoms with Crippen molar-refractivity contribution in [3.05, 3.63) is 42.0 Å². The second-order valence-corrected chi connectivity index (χ2v) is 5.40. The van der Waals surface area contributed by atoms with Crippen LogP contribution in [0.25, 0.3) is 10.8 Å². The Morgan fingerprint density at radius 2 is 1.95 bits per heavy atom. The normalized spacial score (nSPS) is 18.4. The topological polar surface area (TPSA) is 70.1 Å². The number of anilines is 1. The van der Waals surface area contributed by atoms with E-state index in [2.05, 4.69) is 11.0 Å². The van der Waals surface area contributed by atoms with Crippen LogP contribution >= 0.6 is 0 Å². The molecular weight excluding hydrogens is 262 g/mol. The molecule has 1 aliphatic heterocycles. The van der Waals surface area contributed by atoms with E-state index >= 15 is 0 Å². The molecule has 0 saturated carbocycles. The Hall–Kier alpha value is -2.54. The van der Waals surface area contributed by atoms with Gasteiger partial charge in [-0.05, 0) is 31.4 Å². The number of nitrogens with zero attached hydrogens (tertiary/aromatic N) is 2. The number of carbonyl (C=O) groups is 1. The molecule has 0 spiro atoms. The van der Waals surface area contributed by atoms with Crippen molar-refractivity contribution in [2.45, 2.75) is 25.3 Å². The van der Waals surface area contributed by atoms with Crippen molar-refractivity contribution in [3.8, 4) is 6.07 Å². The zero-order chi connectivity index (χ0) is 14.8. The van der Waals surface area contributed by atoms with Gasteiger partial charge in [0.1, 0.15) is 6.04 Å². The summed E-state index contributed by atoms with van der Waals surface area (Å²) in [4.78, 5) is 13.8. The molecule has 1 aliphatic rings. The number of hydrogen-bond donors (Lipinski definition) is 1. The highest BCUT2D eigenvalue weighted by atomic mass is 16.1. The van der Waals surface area contributed by atoms with Crippen LogP contribution < -0.4 is 10.6 Å². The smallest absolute Gasteiger partial charge is 0.240 e. The number of rotatable bonds is 2. The van der Waals surface area contributed by atoms with Crippen molar-refractivity contribution in [2.75, 3.05) is 11.4 Å². The van der Waals surface area contributed by atoms with E-state index in [1.54, 1.807) is 0 Å². The van der Waals surface area contributed by atoms with E-state index in [0.29, 0.717) is 5.56 Å². The number of hydrogen-bond acceptors (Lipinski definition) is 3. The Labute approximate surface area is 123 Å². The number of primary amides is 1. The molecule has 21 heavy (non-hydrogen) atoms. The summed E-state index contributed by atoms with van der Waals surface area (Å²) in [5.74, 6) is -0.275. The minimum absolute atomic E-state index is 0.255. The lowest BCUT2D eigenvalue weighted by Gasteiger charge is -2.36. The second-order valence-electron chi connectivity index (χ2n) is 5.40. The molecule has 0 aromatic heterocycles. The number of carbonyl (C=O) groups excluding carboxylic acids is 1. The zero-order valence-corrected chi connectivity index (χ0v) is 11.7. The SMILES string of the molecule is N#Cc1ccc(N2CCCCC2C(N)=O)c2ccccc12. The highest BCUT2D eigenvalue weighted by molar-refractivity contribution is 5.99. The predicted molar refractivity (Wildman–Crippen MR) is 82.8 cm³/mol. The van der Waals surface area contributed by atoms with Crippen molar-refractivity contribution >= 4 is 22.4 Å². The van der Waals surface area contributed by atoms with Gasteiger partial charge in [-0.2, -0.15) is 5.26 Å². The third-order valence-electron chi connectivity index (χ3n) is 4.16. The van der Waals surface area contributed by atoms with Gasteiger partial charge in [0.2, 0.25) is 5.91 Å². The third kappa shape index (κ3) is 2.31. The van der Waals surface area contributed by atoms with Gasteiger partial charge < -0.3 is 10.6 Å². The van der Waals surface area contributed by atoms with Gasteiger partial charge in [0.15, 0.2) is 0 Å². The summed E-state index contributed by atoms with van der Waals surface area (Å²) in [6.07, 6.45) is 2.88. The van der Waals surface area contributed by atoms with Crippen molar-refractivity contribution < 1.29 is 4.79 Å². The molecule has 4 nitrogen and oxygen atoms in total. The summed E-state index contributed by atoms with van der Waals surface area (Å²) < 4.78 is 0. The summed E-state index contributed by atoms with van der Waals surface area (Å²) in [6.45, 7) is 0.823. The average molecular weight is 279 g/mol. The quantitative estimate of drug-likeness (QED) is 0.918.